The zero-order chi connectivity index (χ0) is 25.1. The Kier molecular flexibility index (Phi) is 7.40. The maximum atomic E-state index is 13.3. The maximum Gasteiger partial charge on any atom is 0.407 e. The van der Waals surface area contributed by atoms with Gasteiger partial charge >= 0.3 is 12.1 Å². The summed E-state index contributed by atoms with van der Waals surface area (Å²) in [6.45, 7) is 5.08. The third-order valence-corrected chi connectivity index (χ3v) is 6.89. The molecule has 4 rings (SSSR count). The van der Waals surface area contributed by atoms with Crippen molar-refractivity contribution in [2.75, 3.05) is 33.3 Å². The summed E-state index contributed by atoms with van der Waals surface area (Å²) < 4.78 is 5.64. The number of amides is 2. The third kappa shape index (κ3) is 5.32. The van der Waals surface area contributed by atoms with E-state index in [4.69, 9.17) is 4.74 Å². The van der Waals surface area contributed by atoms with Gasteiger partial charge in [-0.15, -0.1) is 0 Å². The molecule has 2 aromatic carbocycles. The summed E-state index contributed by atoms with van der Waals surface area (Å²) in [5.74, 6) is -1.15. The Morgan fingerprint density at radius 2 is 1.63 bits per heavy atom. The molecule has 2 aromatic rings. The first-order chi connectivity index (χ1) is 16.8. The number of hydrogen-bond donors (Lipinski definition) is 2. The molecular weight excluding hydrogens is 446 g/mol. The maximum absolute atomic E-state index is 13.3. The molecule has 8 nitrogen and oxygen atoms in total. The van der Waals surface area contributed by atoms with Crippen molar-refractivity contribution in [1.29, 1.82) is 0 Å². The summed E-state index contributed by atoms with van der Waals surface area (Å²) in [6, 6.07) is 14.7. The van der Waals surface area contributed by atoms with Crippen molar-refractivity contribution in [3.05, 3.63) is 59.7 Å². The minimum Gasteiger partial charge on any atom is -0.480 e. The van der Waals surface area contributed by atoms with Gasteiger partial charge in [-0.3, -0.25) is 14.5 Å². The number of hydrogen-bond acceptors (Lipinski definition) is 5. The Labute approximate surface area is 205 Å². The summed E-state index contributed by atoms with van der Waals surface area (Å²) >= 11 is 0. The van der Waals surface area contributed by atoms with Crippen LogP contribution in [0, 0.1) is 5.92 Å². The molecule has 2 N–H and O–H groups in total. The Morgan fingerprint density at radius 1 is 1.03 bits per heavy atom. The molecule has 1 saturated heterocycles. The normalized spacial score (nSPS) is 18.6. The van der Waals surface area contributed by atoms with Gasteiger partial charge in [-0.1, -0.05) is 62.4 Å². The first kappa shape index (κ1) is 24.7. The van der Waals surface area contributed by atoms with Crippen molar-refractivity contribution >= 4 is 18.0 Å². The van der Waals surface area contributed by atoms with Gasteiger partial charge in [-0.2, -0.15) is 0 Å². The monoisotopic (exact) mass is 479 g/mol. The van der Waals surface area contributed by atoms with Crippen LogP contribution in [-0.4, -0.2) is 78.2 Å². The van der Waals surface area contributed by atoms with Gasteiger partial charge in [0, 0.05) is 25.6 Å². The minimum absolute atomic E-state index is 0.0682. The molecule has 1 aliphatic heterocycles. The topological polar surface area (TPSA) is 99.2 Å². The van der Waals surface area contributed by atoms with E-state index in [1.165, 1.54) is 4.90 Å². The third-order valence-electron chi connectivity index (χ3n) is 6.89. The number of nitrogens with one attached hydrogen (secondary N) is 1. The van der Waals surface area contributed by atoms with Gasteiger partial charge in [0.25, 0.3) is 0 Å². The van der Waals surface area contributed by atoms with E-state index in [0.717, 1.165) is 22.3 Å². The zero-order valence-electron chi connectivity index (χ0n) is 20.4. The van der Waals surface area contributed by atoms with Gasteiger partial charge in [-0.05, 0) is 41.6 Å². The summed E-state index contributed by atoms with van der Waals surface area (Å²) in [5, 5.41) is 12.2. The number of benzene rings is 2. The number of rotatable bonds is 7. The molecule has 0 aromatic heterocycles. The van der Waals surface area contributed by atoms with Crippen LogP contribution < -0.4 is 5.32 Å². The first-order valence-electron chi connectivity index (χ1n) is 12.1. The van der Waals surface area contributed by atoms with E-state index in [1.807, 2.05) is 38.1 Å². The van der Waals surface area contributed by atoms with Crippen molar-refractivity contribution in [3.63, 3.8) is 0 Å². The van der Waals surface area contributed by atoms with Crippen LogP contribution in [0.25, 0.3) is 11.1 Å². The fourth-order valence-electron chi connectivity index (χ4n) is 5.04. The van der Waals surface area contributed by atoms with E-state index in [0.29, 0.717) is 19.5 Å². The number of alkyl carbamates (subject to hydrolysis) is 1. The van der Waals surface area contributed by atoms with E-state index in [9.17, 15) is 19.5 Å². The number of piperazine rings is 1. The van der Waals surface area contributed by atoms with Crippen LogP contribution >= 0.6 is 0 Å². The summed E-state index contributed by atoms with van der Waals surface area (Å²) in [6.07, 6.45) is -0.206. The summed E-state index contributed by atoms with van der Waals surface area (Å²) in [7, 11) is 1.74. The molecule has 1 fully saturated rings. The average Bonchev–Trinajstić information content (AvgIpc) is 3.15. The molecule has 0 saturated carbocycles. The lowest BCUT2D eigenvalue weighted by molar-refractivity contribution is -0.148. The molecule has 2 aliphatic rings. The zero-order valence-corrected chi connectivity index (χ0v) is 20.4. The van der Waals surface area contributed by atoms with Gasteiger partial charge in [0.2, 0.25) is 5.91 Å². The van der Waals surface area contributed by atoms with Crippen molar-refractivity contribution < 1.29 is 24.2 Å². The summed E-state index contributed by atoms with van der Waals surface area (Å²) in [5.41, 5.74) is 4.53. The van der Waals surface area contributed by atoms with E-state index in [2.05, 4.69) is 29.6 Å². The fraction of sp³-hybridized carbons (Fsp3) is 0.444. The molecule has 0 radical (unpaired) electrons. The van der Waals surface area contributed by atoms with Gasteiger partial charge in [0.05, 0.1) is 0 Å². The smallest absolute Gasteiger partial charge is 0.407 e. The molecular formula is C27H33N3O5. The highest BCUT2D eigenvalue weighted by Crippen LogP contribution is 2.44. The number of carboxylic acids is 1. The highest BCUT2D eigenvalue weighted by Gasteiger charge is 2.36. The van der Waals surface area contributed by atoms with Crippen LogP contribution in [0.4, 0.5) is 4.79 Å². The molecule has 0 spiro atoms. The van der Waals surface area contributed by atoms with Gasteiger partial charge in [0.1, 0.15) is 18.7 Å². The predicted octanol–water partition coefficient (Wildman–Crippen LogP) is 3.17. The quantitative estimate of drug-likeness (QED) is 0.633. The largest absolute Gasteiger partial charge is 0.480 e. The lowest BCUT2D eigenvalue weighted by atomic mass is 9.98. The van der Waals surface area contributed by atoms with Gasteiger partial charge in [0.15, 0.2) is 0 Å². The highest BCUT2D eigenvalue weighted by atomic mass is 16.5. The second kappa shape index (κ2) is 10.5. The van der Waals surface area contributed by atoms with E-state index in [-0.39, 0.29) is 30.9 Å². The molecule has 1 aliphatic carbocycles. The average molecular weight is 480 g/mol. The first-order valence-corrected chi connectivity index (χ1v) is 12.1. The number of carboxylic acid groups (broad SMARTS) is 1. The predicted molar refractivity (Wildman–Crippen MR) is 132 cm³/mol. The van der Waals surface area contributed by atoms with Crippen molar-refractivity contribution in [2.24, 2.45) is 5.92 Å². The highest BCUT2D eigenvalue weighted by molar-refractivity contribution is 5.87. The number of carbonyl (C=O) groups is 3. The van der Waals surface area contributed by atoms with Gasteiger partial charge in [-0.25, -0.2) is 4.79 Å². The second-order valence-corrected chi connectivity index (χ2v) is 9.77. The van der Waals surface area contributed by atoms with Crippen molar-refractivity contribution in [1.82, 2.24) is 15.1 Å². The number of likely N-dealkylation sites (N-methyl/N-ethyl adjacent to an activating group) is 1. The van der Waals surface area contributed by atoms with E-state index in [1.54, 1.807) is 11.9 Å². The van der Waals surface area contributed by atoms with Crippen LogP contribution in [-0.2, 0) is 14.3 Å². The summed E-state index contributed by atoms with van der Waals surface area (Å²) in [4.78, 5) is 40.9. The molecule has 8 heteroatoms. The molecule has 35 heavy (non-hydrogen) atoms. The SMILES string of the molecule is CC(C)C[C@@H](NC(=O)OCC1c2ccccc2-c2ccccc21)C(=O)N1CCN(C)C(C(=O)O)C1. The molecule has 186 valence electrons. The number of ether oxygens (including phenoxy) is 1. The Hall–Kier alpha value is -3.39. The van der Waals surface area contributed by atoms with Crippen molar-refractivity contribution in [3.8, 4) is 11.1 Å². The van der Waals surface area contributed by atoms with E-state index >= 15 is 0 Å². The lowest BCUT2D eigenvalue weighted by Gasteiger charge is -2.38. The standard InChI is InChI=1S/C27H33N3O5/c1-17(2)14-23(25(31)30-13-12-29(3)24(15-30)26(32)33)28-27(34)35-16-22-20-10-6-4-8-18(20)19-9-5-7-11-21(19)22/h4-11,17,22-24H,12-16H2,1-3H3,(H,28,34)(H,32,33)/t23-,24?/m1/s1. The lowest BCUT2D eigenvalue weighted by Crippen LogP contribution is -2.59. The van der Waals surface area contributed by atoms with Crippen LogP contribution in [0.3, 0.4) is 0 Å². The number of nitrogens with zero attached hydrogens (tertiary/aromatic N) is 2. The number of carbonyl (C=O) groups excluding carboxylic acids is 2. The number of aliphatic carboxylic acids is 1. The molecule has 2 atom stereocenters. The van der Waals surface area contributed by atoms with Crippen LogP contribution in [0.1, 0.15) is 37.3 Å². The Bertz CT molecular complexity index is 1060. The fourth-order valence-corrected chi connectivity index (χ4v) is 5.04. The Balaban J connectivity index is 1.42. The van der Waals surface area contributed by atoms with E-state index < -0.39 is 24.1 Å². The molecule has 1 heterocycles. The van der Waals surface area contributed by atoms with Crippen LogP contribution in [0.5, 0.6) is 0 Å². The van der Waals surface area contributed by atoms with Crippen LogP contribution in [0.2, 0.25) is 0 Å². The Morgan fingerprint density at radius 3 is 2.20 bits per heavy atom. The second-order valence-electron chi connectivity index (χ2n) is 9.77. The van der Waals surface area contributed by atoms with Crippen LogP contribution in [0.15, 0.2) is 48.5 Å². The minimum atomic E-state index is -0.963. The molecule has 2 amide bonds. The number of fused-ring (bicyclic) bond motifs is 3. The van der Waals surface area contributed by atoms with Gasteiger partial charge < -0.3 is 20.1 Å². The molecule has 1 unspecified atom stereocenters. The molecule has 0 bridgehead atoms. The van der Waals surface area contributed by atoms with Crippen molar-refractivity contribution in [2.45, 2.75) is 38.3 Å².